The summed E-state index contributed by atoms with van der Waals surface area (Å²) < 4.78 is 0. The minimum absolute atomic E-state index is 0.626. The Kier molecular flexibility index (Phi) is 6.43. The lowest BCUT2D eigenvalue weighted by atomic mass is 10.1. The lowest BCUT2D eigenvalue weighted by Gasteiger charge is -2.08. The van der Waals surface area contributed by atoms with E-state index in [0.29, 0.717) is 5.92 Å². The molecule has 0 saturated heterocycles. The van der Waals surface area contributed by atoms with Crippen LogP contribution in [0.2, 0.25) is 0 Å². The SMILES string of the molecule is Cc1cccc(CNCCCC(C)CCl)n1. The van der Waals surface area contributed by atoms with Crippen molar-refractivity contribution in [1.29, 1.82) is 0 Å². The van der Waals surface area contributed by atoms with Crippen LogP contribution in [-0.2, 0) is 6.54 Å². The smallest absolute Gasteiger partial charge is 0.0544 e. The molecule has 1 atom stereocenters. The summed E-state index contributed by atoms with van der Waals surface area (Å²) in [6.07, 6.45) is 2.37. The van der Waals surface area contributed by atoms with Crippen LogP contribution in [0.3, 0.4) is 0 Å². The van der Waals surface area contributed by atoms with Gasteiger partial charge in [0.15, 0.2) is 0 Å². The molecule has 1 unspecified atom stereocenters. The van der Waals surface area contributed by atoms with E-state index in [2.05, 4.69) is 29.4 Å². The maximum atomic E-state index is 5.75. The Bertz CT molecular complexity index is 302. The number of hydrogen-bond acceptors (Lipinski definition) is 2. The molecule has 0 fully saturated rings. The van der Waals surface area contributed by atoms with Gasteiger partial charge in [-0.1, -0.05) is 13.0 Å². The highest BCUT2D eigenvalue weighted by Gasteiger charge is 1.99. The third-order valence-corrected chi connectivity index (χ3v) is 3.09. The van der Waals surface area contributed by atoms with Gasteiger partial charge in [-0.2, -0.15) is 0 Å². The Morgan fingerprint density at radius 1 is 1.44 bits per heavy atom. The van der Waals surface area contributed by atoms with Crippen molar-refractivity contribution in [2.75, 3.05) is 12.4 Å². The Morgan fingerprint density at radius 3 is 2.94 bits per heavy atom. The predicted molar refractivity (Wildman–Crippen MR) is 69.8 cm³/mol. The van der Waals surface area contributed by atoms with Crippen LogP contribution < -0.4 is 5.32 Å². The highest BCUT2D eigenvalue weighted by Crippen LogP contribution is 2.06. The molecular weight excluding hydrogens is 220 g/mol. The third kappa shape index (κ3) is 5.47. The molecule has 1 aromatic heterocycles. The monoisotopic (exact) mass is 240 g/mol. The first kappa shape index (κ1) is 13.5. The van der Waals surface area contributed by atoms with E-state index in [4.69, 9.17) is 11.6 Å². The average molecular weight is 241 g/mol. The summed E-state index contributed by atoms with van der Waals surface area (Å²) in [4.78, 5) is 4.44. The summed E-state index contributed by atoms with van der Waals surface area (Å²) in [5.74, 6) is 1.39. The summed E-state index contributed by atoms with van der Waals surface area (Å²) in [6.45, 7) is 6.11. The van der Waals surface area contributed by atoms with Crippen LogP contribution in [0.4, 0.5) is 0 Å². The Hall–Kier alpha value is -0.600. The van der Waals surface area contributed by atoms with Crippen molar-refractivity contribution in [3.8, 4) is 0 Å². The quantitative estimate of drug-likeness (QED) is 0.585. The van der Waals surface area contributed by atoms with Crippen LogP contribution in [0.25, 0.3) is 0 Å². The standard InChI is InChI=1S/C13H21ClN2/c1-11(9-14)5-4-8-15-10-13-7-3-6-12(2)16-13/h3,6-7,11,15H,4-5,8-10H2,1-2H3. The van der Waals surface area contributed by atoms with E-state index in [1.165, 1.54) is 12.8 Å². The molecule has 1 rings (SSSR count). The van der Waals surface area contributed by atoms with Crippen molar-refractivity contribution in [1.82, 2.24) is 10.3 Å². The largest absolute Gasteiger partial charge is 0.311 e. The maximum absolute atomic E-state index is 5.75. The molecule has 1 aromatic rings. The van der Waals surface area contributed by atoms with Gasteiger partial charge in [0, 0.05) is 18.1 Å². The van der Waals surface area contributed by atoms with Gasteiger partial charge in [0.05, 0.1) is 5.69 Å². The predicted octanol–water partition coefficient (Wildman–Crippen LogP) is 3.13. The highest BCUT2D eigenvalue weighted by atomic mass is 35.5. The van der Waals surface area contributed by atoms with Gasteiger partial charge in [-0.3, -0.25) is 4.98 Å². The second kappa shape index (κ2) is 7.64. The van der Waals surface area contributed by atoms with Crippen molar-refractivity contribution in [2.24, 2.45) is 5.92 Å². The maximum Gasteiger partial charge on any atom is 0.0544 e. The summed E-state index contributed by atoms with van der Waals surface area (Å²) in [5, 5.41) is 3.40. The van der Waals surface area contributed by atoms with E-state index in [-0.39, 0.29) is 0 Å². The molecule has 16 heavy (non-hydrogen) atoms. The summed E-state index contributed by atoms with van der Waals surface area (Å²) in [5.41, 5.74) is 2.19. The van der Waals surface area contributed by atoms with Crippen LogP contribution in [0.15, 0.2) is 18.2 Å². The summed E-state index contributed by atoms with van der Waals surface area (Å²) >= 11 is 5.75. The third-order valence-electron chi connectivity index (χ3n) is 2.57. The van der Waals surface area contributed by atoms with Gasteiger partial charge in [0.2, 0.25) is 0 Å². The van der Waals surface area contributed by atoms with E-state index in [9.17, 15) is 0 Å². The molecule has 3 heteroatoms. The van der Waals surface area contributed by atoms with Crippen molar-refractivity contribution in [2.45, 2.75) is 33.2 Å². The van der Waals surface area contributed by atoms with Gasteiger partial charge in [0.25, 0.3) is 0 Å². The van der Waals surface area contributed by atoms with Gasteiger partial charge < -0.3 is 5.32 Å². The molecule has 0 radical (unpaired) electrons. The molecule has 90 valence electrons. The van der Waals surface area contributed by atoms with Gasteiger partial charge in [-0.15, -0.1) is 11.6 Å². The zero-order chi connectivity index (χ0) is 11.8. The summed E-state index contributed by atoms with van der Waals surface area (Å²) in [6, 6.07) is 6.13. The number of rotatable bonds is 7. The number of nitrogens with one attached hydrogen (secondary N) is 1. The van der Waals surface area contributed by atoms with Crippen LogP contribution in [-0.4, -0.2) is 17.4 Å². The van der Waals surface area contributed by atoms with Crippen molar-refractivity contribution in [3.63, 3.8) is 0 Å². The number of aromatic nitrogens is 1. The van der Waals surface area contributed by atoms with Crippen LogP contribution in [0.5, 0.6) is 0 Å². The fourth-order valence-corrected chi connectivity index (χ4v) is 1.72. The number of hydrogen-bond donors (Lipinski definition) is 1. The number of alkyl halides is 1. The average Bonchev–Trinajstić information content (AvgIpc) is 2.28. The normalized spacial score (nSPS) is 12.7. The Balaban J connectivity index is 2.12. The first-order chi connectivity index (χ1) is 7.72. The molecule has 0 spiro atoms. The van der Waals surface area contributed by atoms with E-state index in [1.54, 1.807) is 0 Å². The van der Waals surface area contributed by atoms with Crippen LogP contribution in [0, 0.1) is 12.8 Å². The number of pyridine rings is 1. The van der Waals surface area contributed by atoms with Crippen LogP contribution >= 0.6 is 11.6 Å². The van der Waals surface area contributed by atoms with Crippen LogP contribution in [0.1, 0.15) is 31.2 Å². The lowest BCUT2D eigenvalue weighted by Crippen LogP contribution is -2.16. The molecule has 0 amide bonds. The van der Waals surface area contributed by atoms with Crippen molar-refractivity contribution < 1.29 is 0 Å². The van der Waals surface area contributed by atoms with E-state index >= 15 is 0 Å². The molecule has 0 bridgehead atoms. The number of aryl methyl sites for hydroxylation is 1. The van der Waals surface area contributed by atoms with Gasteiger partial charge in [0.1, 0.15) is 0 Å². The minimum atomic E-state index is 0.626. The summed E-state index contributed by atoms with van der Waals surface area (Å²) in [7, 11) is 0. The molecule has 1 heterocycles. The van der Waals surface area contributed by atoms with Gasteiger partial charge >= 0.3 is 0 Å². The molecule has 0 aliphatic heterocycles. The Labute approximate surface area is 103 Å². The molecular formula is C13H21ClN2. The lowest BCUT2D eigenvalue weighted by molar-refractivity contribution is 0.529. The molecule has 0 aromatic carbocycles. The zero-order valence-electron chi connectivity index (χ0n) is 10.2. The first-order valence-corrected chi connectivity index (χ1v) is 6.45. The topological polar surface area (TPSA) is 24.9 Å². The molecule has 1 N–H and O–H groups in total. The minimum Gasteiger partial charge on any atom is -0.311 e. The van der Waals surface area contributed by atoms with E-state index in [0.717, 1.165) is 30.4 Å². The fourth-order valence-electron chi connectivity index (χ4n) is 1.57. The van der Waals surface area contributed by atoms with E-state index < -0.39 is 0 Å². The molecule has 0 aliphatic rings. The fraction of sp³-hybridized carbons (Fsp3) is 0.615. The second-order valence-electron chi connectivity index (χ2n) is 4.35. The number of nitrogens with zero attached hydrogens (tertiary/aromatic N) is 1. The zero-order valence-corrected chi connectivity index (χ0v) is 10.9. The van der Waals surface area contributed by atoms with Crippen molar-refractivity contribution in [3.05, 3.63) is 29.6 Å². The highest BCUT2D eigenvalue weighted by molar-refractivity contribution is 6.18. The van der Waals surface area contributed by atoms with E-state index in [1.807, 2.05) is 13.0 Å². The van der Waals surface area contributed by atoms with Gasteiger partial charge in [-0.05, 0) is 44.4 Å². The number of halogens is 1. The second-order valence-corrected chi connectivity index (χ2v) is 4.66. The van der Waals surface area contributed by atoms with Gasteiger partial charge in [-0.25, -0.2) is 0 Å². The first-order valence-electron chi connectivity index (χ1n) is 5.91. The molecule has 0 saturated carbocycles. The molecule has 2 nitrogen and oxygen atoms in total. The molecule has 0 aliphatic carbocycles. The van der Waals surface area contributed by atoms with Crippen molar-refractivity contribution >= 4 is 11.6 Å². The Morgan fingerprint density at radius 2 is 2.25 bits per heavy atom.